The molecule has 0 bridgehead atoms. The SMILES string of the molecule is CN(C)CCOC(CCCCc1ccccc1)c1ccccc1. The first-order valence-corrected chi connectivity index (χ1v) is 8.61. The molecule has 0 heterocycles. The van der Waals surface area contributed by atoms with Crippen LogP contribution < -0.4 is 0 Å². The minimum absolute atomic E-state index is 0.215. The predicted octanol–water partition coefficient (Wildman–Crippen LogP) is 4.72. The lowest BCUT2D eigenvalue weighted by atomic mass is 10.0. The van der Waals surface area contributed by atoms with Crippen LogP contribution in [0.4, 0.5) is 0 Å². The van der Waals surface area contributed by atoms with Crippen molar-refractivity contribution >= 4 is 0 Å². The zero-order valence-corrected chi connectivity index (χ0v) is 14.4. The van der Waals surface area contributed by atoms with E-state index in [0.717, 1.165) is 26.0 Å². The van der Waals surface area contributed by atoms with Crippen molar-refractivity contribution < 1.29 is 4.74 Å². The third-order valence-corrected chi connectivity index (χ3v) is 4.05. The van der Waals surface area contributed by atoms with Crippen molar-refractivity contribution in [1.29, 1.82) is 0 Å². The molecule has 0 fully saturated rings. The Morgan fingerprint density at radius 2 is 1.52 bits per heavy atom. The number of ether oxygens (including phenoxy) is 1. The molecule has 1 atom stereocenters. The van der Waals surface area contributed by atoms with E-state index in [1.807, 2.05) is 0 Å². The summed E-state index contributed by atoms with van der Waals surface area (Å²) in [6.07, 6.45) is 4.86. The van der Waals surface area contributed by atoms with E-state index < -0.39 is 0 Å². The molecule has 0 aliphatic carbocycles. The molecule has 0 spiro atoms. The first-order valence-electron chi connectivity index (χ1n) is 8.61. The van der Waals surface area contributed by atoms with Crippen LogP contribution in [0.25, 0.3) is 0 Å². The molecule has 124 valence electrons. The number of nitrogens with zero attached hydrogens (tertiary/aromatic N) is 1. The average Bonchev–Trinajstić information content (AvgIpc) is 2.58. The van der Waals surface area contributed by atoms with Crippen LogP contribution in [0.5, 0.6) is 0 Å². The van der Waals surface area contributed by atoms with Crippen molar-refractivity contribution in [2.24, 2.45) is 0 Å². The summed E-state index contributed by atoms with van der Waals surface area (Å²) in [4.78, 5) is 2.16. The van der Waals surface area contributed by atoms with Crippen LogP contribution >= 0.6 is 0 Å². The third kappa shape index (κ3) is 6.98. The Bertz CT molecular complexity index is 524. The Morgan fingerprint density at radius 1 is 0.870 bits per heavy atom. The van der Waals surface area contributed by atoms with Gasteiger partial charge in [-0.1, -0.05) is 67.1 Å². The molecule has 0 aliphatic heterocycles. The van der Waals surface area contributed by atoms with E-state index in [1.165, 1.54) is 24.0 Å². The van der Waals surface area contributed by atoms with E-state index in [9.17, 15) is 0 Å². The number of rotatable bonds is 10. The van der Waals surface area contributed by atoms with E-state index >= 15 is 0 Å². The van der Waals surface area contributed by atoms with Gasteiger partial charge in [0.05, 0.1) is 12.7 Å². The summed E-state index contributed by atoms with van der Waals surface area (Å²) in [5, 5.41) is 0. The zero-order valence-electron chi connectivity index (χ0n) is 14.4. The normalized spacial score (nSPS) is 12.5. The van der Waals surface area contributed by atoms with E-state index in [1.54, 1.807) is 0 Å². The molecule has 23 heavy (non-hydrogen) atoms. The molecule has 2 rings (SSSR count). The summed E-state index contributed by atoms with van der Waals surface area (Å²) in [6.45, 7) is 1.75. The second kappa shape index (κ2) is 10.2. The lowest BCUT2D eigenvalue weighted by Crippen LogP contribution is -2.19. The fraction of sp³-hybridized carbons (Fsp3) is 0.429. The highest BCUT2D eigenvalue weighted by Gasteiger charge is 2.11. The molecular weight excluding hydrogens is 282 g/mol. The summed E-state index contributed by atoms with van der Waals surface area (Å²) in [6, 6.07) is 21.4. The number of hydrogen-bond donors (Lipinski definition) is 0. The number of unbranched alkanes of at least 4 members (excludes halogenated alkanes) is 1. The van der Waals surface area contributed by atoms with Crippen molar-refractivity contribution in [3.05, 3.63) is 71.8 Å². The van der Waals surface area contributed by atoms with Gasteiger partial charge in [-0.25, -0.2) is 0 Å². The number of hydrogen-bond acceptors (Lipinski definition) is 2. The first-order chi connectivity index (χ1) is 11.3. The standard InChI is InChI=1S/C21H29NO/c1-22(2)17-18-23-21(20-14-7-4-8-15-20)16-10-9-13-19-11-5-3-6-12-19/h3-8,11-12,14-15,21H,9-10,13,16-18H2,1-2H3. The maximum Gasteiger partial charge on any atom is 0.0825 e. The highest BCUT2D eigenvalue weighted by molar-refractivity contribution is 5.17. The highest BCUT2D eigenvalue weighted by Crippen LogP contribution is 2.23. The third-order valence-electron chi connectivity index (χ3n) is 4.05. The molecule has 0 aromatic heterocycles. The van der Waals surface area contributed by atoms with Crippen molar-refractivity contribution in [3.8, 4) is 0 Å². The molecule has 0 amide bonds. The molecule has 2 aromatic rings. The molecule has 0 aliphatic rings. The van der Waals surface area contributed by atoms with Gasteiger partial charge in [0, 0.05) is 6.54 Å². The van der Waals surface area contributed by atoms with Gasteiger partial charge in [0.25, 0.3) is 0 Å². The van der Waals surface area contributed by atoms with E-state index in [2.05, 4.69) is 79.7 Å². The number of aryl methyl sites for hydroxylation is 1. The van der Waals surface area contributed by atoms with E-state index in [4.69, 9.17) is 4.74 Å². The van der Waals surface area contributed by atoms with Crippen molar-refractivity contribution in [2.75, 3.05) is 27.2 Å². The van der Waals surface area contributed by atoms with Crippen LogP contribution in [0, 0.1) is 0 Å². The summed E-state index contributed by atoms with van der Waals surface area (Å²) < 4.78 is 6.15. The lowest BCUT2D eigenvalue weighted by molar-refractivity contribution is 0.0363. The van der Waals surface area contributed by atoms with Gasteiger partial charge in [0.2, 0.25) is 0 Å². The minimum atomic E-state index is 0.215. The first kappa shape index (κ1) is 17.7. The molecule has 0 saturated heterocycles. The Kier molecular flexibility index (Phi) is 7.85. The summed E-state index contributed by atoms with van der Waals surface area (Å²) >= 11 is 0. The van der Waals surface area contributed by atoms with Crippen LogP contribution in [0.3, 0.4) is 0 Å². The maximum absolute atomic E-state index is 6.15. The Hall–Kier alpha value is -1.64. The quantitative estimate of drug-likeness (QED) is 0.589. The van der Waals surface area contributed by atoms with Crippen LogP contribution in [0.2, 0.25) is 0 Å². The summed E-state index contributed by atoms with van der Waals surface area (Å²) in [5.74, 6) is 0. The Morgan fingerprint density at radius 3 is 2.17 bits per heavy atom. The topological polar surface area (TPSA) is 12.5 Å². The van der Waals surface area contributed by atoms with Gasteiger partial charge in [0.1, 0.15) is 0 Å². The second-order valence-corrected chi connectivity index (χ2v) is 6.30. The van der Waals surface area contributed by atoms with Crippen molar-refractivity contribution in [3.63, 3.8) is 0 Å². The largest absolute Gasteiger partial charge is 0.372 e. The van der Waals surface area contributed by atoms with Crippen LogP contribution in [0.1, 0.15) is 36.5 Å². The molecule has 0 saturated carbocycles. The Balaban J connectivity index is 1.80. The lowest BCUT2D eigenvalue weighted by Gasteiger charge is -2.20. The number of likely N-dealkylation sites (N-methyl/N-ethyl adjacent to an activating group) is 1. The van der Waals surface area contributed by atoms with Gasteiger partial charge in [-0.15, -0.1) is 0 Å². The predicted molar refractivity (Wildman–Crippen MR) is 97.7 cm³/mol. The maximum atomic E-state index is 6.15. The average molecular weight is 311 g/mol. The van der Waals surface area contributed by atoms with Gasteiger partial charge in [0.15, 0.2) is 0 Å². The van der Waals surface area contributed by atoms with E-state index in [-0.39, 0.29) is 6.10 Å². The fourth-order valence-corrected chi connectivity index (χ4v) is 2.69. The summed E-state index contributed by atoms with van der Waals surface area (Å²) in [5.41, 5.74) is 2.73. The van der Waals surface area contributed by atoms with Gasteiger partial charge in [-0.2, -0.15) is 0 Å². The highest BCUT2D eigenvalue weighted by atomic mass is 16.5. The molecule has 2 aromatic carbocycles. The van der Waals surface area contributed by atoms with E-state index in [0.29, 0.717) is 0 Å². The second-order valence-electron chi connectivity index (χ2n) is 6.30. The molecule has 2 nitrogen and oxygen atoms in total. The molecule has 1 unspecified atom stereocenters. The van der Waals surface area contributed by atoms with Crippen molar-refractivity contribution in [2.45, 2.75) is 31.8 Å². The van der Waals surface area contributed by atoms with Crippen LogP contribution in [0.15, 0.2) is 60.7 Å². The summed E-state index contributed by atoms with van der Waals surface area (Å²) in [7, 11) is 4.17. The molecule has 0 radical (unpaired) electrons. The molecule has 2 heteroatoms. The number of benzene rings is 2. The Labute approximate surface area is 141 Å². The zero-order chi connectivity index (χ0) is 16.3. The smallest absolute Gasteiger partial charge is 0.0825 e. The molecular formula is C21H29NO. The fourth-order valence-electron chi connectivity index (χ4n) is 2.69. The van der Waals surface area contributed by atoms with Crippen LogP contribution in [-0.4, -0.2) is 32.1 Å². The minimum Gasteiger partial charge on any atom is -0.372 e. The van der Waals surface area contributed by atoms with Gasteiger partial charge >= 0.3 is 0 Å². The monoisotopic (exact) mass is 311 g/mol. The van der Waals surface area contributed by atoms with Gasteiger partial charge in [-0.05, 0) is 44.5 Å². The molecule has 0 N–H and O–H groups in total. The van der Waals surface area contributed by atoms with Gasteiger partial charge in [-0.3, -0.25) is 0 Å². The van der Waals surface area contributed by atoms with Crippen molar-refractivity contribution in [1.82, 2.24) is 4.90 Å². The van der Waals surface area contributed by atoms with Gasteiger partial charge < -0.3 is 9.64 Å². The van der Waals surface area contributed by atoms with Crippen LogP contribution in [-0.2, 0) is 11.2 Å².